The molecule has 3 heterocycles. The van der Waals surface area contributed by atoms with E-state index in [9.17, 15) is 19.1 Å². The zero-order valence-electron chi connectivity index (χ0n) is 16.5. The first-order chi connectivity index (χ1) is 14.3. The molecule has 4 rings (SSSR count). The molecule has 0 unspecified atom stereocenters. The number of rotatable bonds is 4. The van der Waals surface area contributed by atoms with Crippen LogP contribution in [0.4, 0.5) is 10.1 Å². The highest BCUT2D eigenvalue weighted by Gasteiger charge is 2.34. The van der Waals surface area contributed by atoms with Gasteiger partial charge in [-0.1, -0.05) is 6.07 Å². The van der Waals surface area contributed by atoms with E-state index in [1.54, 1.807) is 31.3 Å². The number of aromatic hydroxyl groups is 1. The number of anilines is 1. The molecule has 1 amide bonds. The van der Waals surface area contributed by atoms with E-state index in [1.165, 1.54) is 16.7 Å². The smallest absolute Gasteiger partial charge is 0.296 e. The minimum Gasteiger partial charge on any atom is -0.501 e. The summed E-state index contributed by atoms with van der Waals surface area (Å²) in [4.78, 5) is 33.2. The maximum absolute atomic E-state index is 14.4. The van der Waals surface area contributed by atoms with E-state index >= 15 is 0 Å². The largest absolute Gasteiger partial charge is 0.501 e. The second-order valence-electron chi connectivity index (χ2n) is 7.39. The number of carbonyl (C=O) groups is 1. The van der Waals surface area contributed by atoms with Crippen LogP contribution in [0.2, 0.25) is 0 Å². The van der Waals surface area contributed by atoms with Crippen LogP contribution < -0.4 is 21.3 Å². The molecule has 2 aliphatic rings. The van der Waals surface area contributed by atoms with Crippen LogP contribution in [-0.2, 0) is 23.4 Å². The van der Waals surface area contributed by atoms with Crippen molar-refractivity contribution in [2.75, 3.05) is 18.3 Å². The predicted molar refractivity (Wildman–Crippen MR) is 106 cm³/mol. The second-order valence-corrected chi connectivity index (χ2v) is 7.39. The number of nitrogens with zero attached hydrogens (tertiary/aromatic N) is 4. The molecule has 0 radical (unpaired) electrons. The predicted octanol–water partition coefficient (Wildman–Crippen LogP) is 0.594. The average Bonchev–Trinajstić information content (AvgIpc) is 3.24. The molecule has 0 saturated carbocycles. The summed E-state index contributed by atoms with van der Waals surface area (Å²) in [5.41, 5.74) is 1.71. The number of hydrogen-bond donors (Lipinski definition) is 3. The third kappa shape index (κ3) is 3.53. The van der Waals surface area contributed by atoms with Crippen molar-refractivity contribution in [3.05, 3.63) is 51.5 Å². The molecule has 1 aromatic carbocycles. The van der Waals surface area contributed by atoms with Crippen molar-refractivity contribution in [3.8, 4) is 5.75 Å². The van der Waals surface area contributed by atoms with Gasteiger partial charge in [-0.05, 0) is 26.0 Å². The fraction of sp³-hybridized carbons (Fsp3) is 0.368. The molecule has 11 heteroatoms. The summed E-state index contributed by atoms with van der Waals surface area (Å²) in [5, 5.41) is 14.3. The molecular formula is C19H21FN6O4. The third-order valence-corrected chi connectivity index (χ3v) is 4.96. The van der Waals surface area contributed by atoms with Crippen molar-refractivity contribution < 1.29 is 19.0 Å². The molecule has 0 aliphatic carbocycles. The van der Waals surface area contributed by atoms with Gasteiger partial charge >= 0.3 is 0 Å². The van der Waals surface area contributed by atoms with Gasteiger partial charge in [-0.25, -0.2) is 14.8 Å². The monoisotopic (exact) mass is 416 g/mol. The lowest BCUT2D eigenvalue weighted by Crippen LogP contribution is -2.42. The topological polar surface area (TPSA) is 121 Å². The molecule has 158 valence electrons. The maximum atomic E-state index is 14.4. The Hall–Kier alpha value is -3.31. The van der Waals surface area contributed by atoms with E-state index < -0.39 is 34.3 Å². The summed E-state index contributed by atoms with van der Waals surface area (Å²) in [6.45, 7) is 4.24. The molecule has 0 saturated heterocycles. The summed E-state index contributed by atoms with van der Waals surface area (Å²) in [6, 6.07) is 4.52. The van der Waals surface area contributed by atoms with Gasteiger partial charge in [0.1, 0.15) is 30.2 Å². The van der Waals surface area contributed by atoms with Crippen LogP contribution in [0.1, 0.15) is 35.7 Å². The number of ether oxygens (including phenoxy) is 1. The van der Waals surface area contributed by atoms with Crippen LogP contribution >= 0.6 is 0 Å². The van der Waals surface area contributed by atoms with Crippen molar-refractivity contribution in [3.63, 3.8) is 0 Å². The summed E-state index contributed by atoms with van der Waals surface area (Å²) in [5.74, 6) is -1.81. The fourth-order valence-electron chi connectivity index (χ4n) is 3.35. The minimum absolute atomic E-state index is 0.147. The number of amides is 1. The average molecular weight is 416 g/mol. The highest BCUT2D eigenvalue weighted by atomic mass is 19.1. The van der Waals surface area contributed by atoms with Crippen molar-refractivity contribution in [1.82, 2.24) is 20.3 Å². The maximum Gasteiger partial charge on any atom is 0.296 e. The molecule has 30 heavy (non-hydrogen) atoms. The summed E-state index contributed by atoms with van der Waals surface area (Å²) in [6.07, 6.45) is 1.55. The molecule has 3 N–H and O–H groups in total. The number of carbonyl (C=O) groups excluding carboxylic acids is 1. The van der Waals surface area contributed by atoms with Gasteiger partial charge in [-0.2, -0.15) is 0 Å². The lowest BCUT2D eigenvalue weighted by molar-refractivity contribution is -0.0566. The SMILES string of the molecule is CC1(C)OCCn2c1nc(C(=O)NCc1ccc(N3C=NCN3)cc1F)c(O)c2=O. The first-order valence-corrected chi connectivity index (χ1v) is 9.35. The van der Waals surface area contributed by atoms with E-state index in [1.807, 2.05) is 0 Å². The Balaban J connectivity index is 1.54. The molecular weight excluding hydrogens is 395 g/mol. The number of hydrogen-bond acceptors (Lipinski definition) is 8. The van der Waals surface area contributed by atoms with Crippen molar-refractivity contribution >= 4 is 17.9 Å². The number of aromatic nitrogens is 2. The van der Waals surface area contributed by atoms with Crippen molar-refractivity contribution in [2.24, 2.45) is 4.99 Å². The number of benzene rings is 1. The van der Waals surface area contributed by atoms with Crippen LogP contribution in [0, 0.1) is 5.82 Å². The van der Waals surface area contributed by atoms with Gasteiger partial charge < -0.3 is 15.2 Å². The quantitative estimate of drug-likeness (QED) is 0.667. The van der Waals surface area contributed by atoms with Crippen LogP contribution in [0.15, 0.2) is 28.0 Å². The van der Waals surface area contributed by atoms with Gasteiger partial charge in [0.25, 0.3) is 11.5 Å². The molecule has 1 aromatic heterocycles. The van der Waals surface area contributed by atoms with Gasteiger partial charge in [0.15, 0.2) is 5.69 Å². The van der Waals surface area contributed by atoms with Crippen LogP contribution in [-0.4, -0.2) is 40.2 Å². The molecule has 10 nitrogen and oxygen atoms in total. The van der Waals surface area contributed by atoms with Crippen LogP contribution in [0.25, 0.3) is 0 Å². The Bertz CT molecular complexity index is 1100. The van der Waals surface area contributed by atoms with Gasteiger partial charge in [0.05, 0.1) is 18.8 Å². The standard InChI is InChI=1S/C19H21FN6O4/c1-19(2)18-24-14(15(27)17(29)25(18)5-6-30-19)16(28)22-8-11-3-4-12(7-13(11)20)26-10-21-9-23-26/h3-4,7,10,23,27H,5-6,8-9H2,1-2H3,(H,22,28). The number of aliphatic imine (C=N–C) groups is 1. The lowest BCUT2D eigenvalue weighted by atomic mass is 10.1. The lowest BCUT2D eigenvalue weighted by Gasteiger charge is -2.32. The van der Waals surface area contributed by atoms with E-state index in [0.29, 0.717) is 19.0 Å². The van der Waals surface area contributed by atoms with Crippen LogP contribution in [0.5, 0.6) is 5.75 Å². The molecule has 2 aromatic rings. The Labute approximate surface area is 171 Å². The Morgan fingerprint density at radius 1 is 1.43 bits per heavy atom. The number of nitrogens with one attached hydrogen (secondary N) is 2. The van der Waals surface area contributed by atoms with Gasteiger partial charge in [0, 0.05) is 12.1 Å². The van der Waals surface area contributed by atoms with Crippen molar-refractivity contribution in [2.45, 2.75) is 32.5 Å². The second kappa shape index (κ2) is 7.50. The molecule has 0 spiro atoms. The highest BCUT2D eigenvalue weighted by molar-refractivity contribution is 5.94. The number of hydrazine groups is 1. The summed E-state index contributed by atoms with van der Waals surface area (Å²) >= 11 is 0. The van der Waals surface area contributed by atoms with E-state index in [4.69, 9.17) is 4.74 Å². The summed E-state index contributed by atoms with van der Waals surface area (Å²) < 4.78 is 21.4. The normalized spacial score (nSPS) is 17.1. The van der Waals surface area contributed by atoms with Crippen LogP contribution in [0.3, 0.4) is 0 Å². The molecule has 0 bridgehead atoms. The first kappa shape index (κ1) is 20.0. The fourth-order valence-corrected chi connectivity index (χ4v) is 3.35. The Morgan fingerprint density at radius 2 is 2.23 bits per heavy atom. The van der Waals surface area contributed by atoms with Gasteiger partial charge in [-0.3, -0.25) is 24.2 Å². The van der Waals surface area contributed by atoms with E-state index in [-0.39, 0.29) is 24.5 Å². The molecule has 0 fully saturated rings. The van der Waals surface area contributed by atoms with E-state index in [2.05, 4.69) is 20.7 Å². The van der Waals surface area contributed by atoms with Crippen molar-refractivity contribution in [1.29, 1.82) is 0 Å². The Kier molecular flexibility index (Phi) is 5.00. The minimum atomic E-state index is -0.894. The highest BCUT2D eigenvalue weighted by Crippen LogP contribution is 2.27. The summed E-state index contributed by atoms with van der Waals surface area (Å²) in [7, 11) is 0. The number of halogens is 1. The van der Waals surface area contributed by atoms with E-state index in [0.717, 1.165) is 0 Å². The third-order valence-electron chi connectivity index (χ3n) is 4.96. The zero-order valence-corrected chi connectivity index (χ0v) is 16.5. The van der Waals surface area contributed by atoms with Gasteiger partial charge in [-0.15, -0.1) is 0 Å². The number of fused-ring (bicyclic) bond motifs is 1. The first-order valence-electron chi connectivity index (χ1n) is 9.35. The zero-order chi connectivity index (χ0) is 21.5. The Morgan fingerprint density at radius 3 is 2.93 bits per heavy atom. The molecule has 0 atom stereocenters. The molecule has 2 aliphatic heterocycles. The van der Waals surface area contributed by atoms with Gasteiger partial charge in [0.2, 0.25) is 5.75 Å².